The standard InChI is InChI=1S/C19H15ClN2O2/c1-11-9-13(20)5-6-16(11)21-19(24)15-10-22-8-7-12-3-2-4-14(17(12)22)18(15)23/h2-6,9-10H,7-8H2,1H3,(H,21,24). The Kier molecular flexibility index (Phi) is 3.43. The molecule has 0 spiro atoms. The van der Waals surface area contributed by atoms with Crippen molar-refractivity contribution in [3.63, 3.8) is 0 Å². The lowest BCUT2D eigenvalue weighted by Gasteiger charge is -2.11. The summed E-state index contributed by atoms with van der Waals surface area (Å²) in [7, 11) is 0. The molecule has 3 aromatic rings. The minimum Gasteiger partial charge on any atom is -0.346 e. The van der Waals surface area contributed by atoms with Crippen LogP contribution in [-0.2, 0) is 13.0 Å². The number of pyridine rings is 1. The van der Waals surface area contributed by atoms with Crippen molar-refractivity contribution in [2.45, 2.75) is 19.9 Å². The summed E-state index contributed by atoms with van der Waals surface area (Å²) in [6.07, 6.45) is 2.56. The van der Waals surface area contributed by atoms with Crippen molar-refractivity contribution >= 4 is 34.1 Å². The first kappa shape index (κ1) is 15.0. The molecule has 0 atom stereocenters. The highest BCUT2D eigenvalue weighted by Gasteiger charge is 2.20. The highest BCUT2D eigenvalue weighted by molar-refractivity contribution is 6.30. The molecular formula is C19H15ClN2O2. The van der Waals surface area contributed by atoms with E-state index in [9.17, 15) is 9.59 Å². The number of aryl methyl sites for hydroxylation is 3. The first-order chi connectivity index (χ1) is 11.5. The van der Waals surface area contributed by atoms with Gasteiger partial charge in [0.05, 0.1) is 5.52 Å². The number of hydrogen-bond acceptors (Lipinski definition) is 2. The molecule has 5 heteroatoms. The Morgan fingerprint density at radius 2 is 2.08 bits per heavy atom. The van der Waals surface area contributed by atoms with E-state index in [1.165, 1.54) is 0 Å². The number of nitrogens with zero attached hydrogens (tertiary/aromatic N) is 1. The Morgan fingerprint density at radius 3 is 2.88 bits per heavy atom. The van der Waals surface area contributed by atoms with Gasteiger partial charge in [0, 0.05) is 28.8 Å². The maximum absolute atomic E-state index is 12.7. The van der Waals surface area contributed by atoms with Crippen LogP contribution in [0.15, 0.2) is 47.4 Å². The fourth-order valence-electron chi connectivity index (χ4n) is 3.28. The molecule has 0 radical (unpaired) electrons. The zero-order valence-corrected chi connectivity index (χ0v) is 13.9. The van der Waals surface area contributed by atoms with Crippen LogP contribution in [-0.4, -0.2) is 10.5 Å². The second-order valence-corrected chi connectivity index (χ2v) is 6.48. The average molecular weight is 339 g/mol. The Hall–Kier alpha value is -2.59. The Morgan fingerprint density at radius 1 is 1.25 bits per heavy atom. The van der Waals surface area contributed by atoms with Gasteiger partial charge in [-0.2, -0.15) is 0 Å². The van der Waals surface area contributed by atoms with Crippen LogP contribution < -0.4 is 10.7 Å². The van der Waals surface area contributed by atoms with Gasteiger partial charge in [-0.25, -0.2) is 0 Å². The van der Waals surface area contributed by atoms with Crippen molar-refractivity contribution in [3.8, 4) is 0 Å². The van der Waals surface area contributed by atoms with Gasteiger partial charge >= 0.3 is 0 Å². The van der Waals surface area contributed by atoms with Gasteiger partial charge in [-0.05, 0) is 48.7 Å². The summed E-state index contributed by atoms with van der Waals surface area (Å²) in [5.41, 5.74) is 3.54. The van der Waals surface area contributed by atoms with E-state index in [-0.39, 0.29) is 11.0 Å². The van der Waals surface area contributed by atoms with Gasteiger partial charge in [0.25, 0.3) is 5.91 Å². The molecule has 1 amide bonds. The van der Waals surface area contributed by atoms with E-state index in [0.29, 0.717) is 16.1 Å². The third-order valence-corrected chi connectivity index (χ3v) is 4.72. The lowest BCUT2D eigenvalue weighted by Crippen LogP contribution is -2.23. The zero-order valence-electron chi connectivity index (χ0n) is 13.1. The molecule has 4 nitrogen and oxygen atoms in total. The number of anilines is 1. The van der Waals surface area contributed by atoms with Crippen LogP contribution in [0.5, 0.6) is 0 Å². The van der Waals surface area contributed by atoms with E-state index < -0.39 is 5.91 Å². The second-order valence-electron chi connectivity index (χ2n) is 6.04. The number of aromatic nitrogens is 1. The van der Waals surface area contributed by atoms with Crippen LogP contribution in [0.4, 0.5) is 5.69 Å². The molecule has 2 aromatic carbocycles. The van der Waals surface area contributed by atoms with Crippen molar-refractivity contribution in [2.75, 3.05) is 5.32 Å². The molecule has 1 aliphatic rings. The van der Waals surface area contributed by atoms with E-state index in [2.05, 4.69) is 5.32 Å². The predicted molar refractivity (Wildman–Crippen MR) is 96.1 cm³/mol. The van der Waals surface area contributed by atoms with Crippen LogP contribution in [0.3, 0.4) is 0 Å². The van der Waals surface area contributed by atoms with Crippen molar-refractivity contribution < 1.29 is 4.79 Å². The molecule has 0 unspecified atom stereocenters. The Labute approximate surface area is 143 Å². The summed E-state index contributed by atoms with van der Waals surface area (Å²) in [6, 6.07) is 10.9. The van der Waals surface area contributed by atoms with Gasteiger partial charge in [0.2, 0.25) is 5.43 Å². The van der Waals surface area contributed by atoms with Gasteiger partial charge in [0.15, 0.2) is 0 Å². The number of carbonyl (C=O) groups is 1. The molecule has 0 saturated heterocycles. The van der Waals surface area contributed by atoms with Crippen molar-refractivity contribution in [2.24, 2.45) is 0 Å². The largest absolute Gasteiger partial charge is 0.346 e. The maximum Gasteiger partial charge on any atom is 0.261 e. The molecule has 120 valence electrons. The minimum atomic E-state index is -0.395. The summed E-state index contributed by atoms with van der Waals surface area (Å²) in [5, 5.41) is 4.03. The summed E-state index contributed by atoms with van der Waals surface area (Å²) in [5.74, 6) is -0.395. The minimum absolute atomic E-state index is 0.163. The van der Waals surface area contributed by atoms with Gasteiger partial charge < -0.3 is 9.88 Å². The molecule has 1 aliphatic heterocycles. The van der Waals surface area contributed by atoms with E-state index in [1.807, 2.05) is 23.6 Å². The highest BCUT2D eigenvalue weighted by atomic mass is 35.5. The Balaban J connectivity index is 1.79. The summed E-state index contributed by atoms with van der Waals surface area (Å²) >= 11 is 5.94. The number of nitrogens with one attached hydrogen (secondary N) is 1. The summed E-state index contributed by atoms with van der Waals surface area (Å²) in [6.45, 7) is 2.65. The van der Waals surface area contributed by atoms with E-state index in [1.54, 1.807) is 30.5 Å². The van der Waals surface area contributed by atoms with E-state index in [4.69, 9.17) is 11.6 Å². The summed E-state index contributed by atoms with van der Waals surface area (Å²) in [4.78, 5) is 25.4. The molecule has 0 saturated carbocycles. The third-order valence-electron chi connectivity index (χ3n) is 4.48. The SMILES string of the molecule is Cc1cc(Cl)ccc1NC(=O)c1cn2c3c(cccc3c1=O)CC2. The molecular weight excluding hydrogens is 324 g/mol. The molecule has 1 N–H and O–H groups in total. The Bertz CT molecular complexity index is 1050. The second kappa shape index (κ2) is 5.49. The number of carbonyl (C=O) groups excluding carboxylic acids is 1. The fourth-order valence-corrected chi connectivity index (χ4v) is 3.50. The lowest BCUT2D eigenvalue weighted by atomic mass is 10.1. The van der Waals surface area contributed by atoms with Crippen molar-refractivity contribution in [3.05, 3.63) is 74.5 Å². The lowest BCUT2D eigenvalue weighted by molar-refractivity contribution is 0.102. The smallest absolute Gasteiger partial charge is 0.261 e. The maximum atomic E-state index is 12.7. The molecule has 24 heavy (non-hydrogen) atoms. The number of halogens is 1. The average Bonchev–Trinajstić information content (AvgIpc) is 2.97. The monoisotopic (exact) mass is 338 g/mol. The van der Waals surface area contributed by atoms with Gasteiger partial charge in [-0.3, -0.25) is 9.59 Å². The summed E-state index contributed by atoms with van der Waals surface area (Å²) < 4.78 is 2.00. The highest BCUT2D eigenvalue weighted by Crippen LogP contribution is 2.24. The molecule has 2 heterocycles. The van der Waals surface area contributed by atoms with Gasteiger partial charge in [0.1, 0.15) is 5.56 Å². The van der Waals surface area contributed by atoms with E-state index >= 15 is 0 Å². The molecule has 0 bridgehead atoms. The number of hydrogen-bond donors (Lipinski definition) is 1. The first-order valence-electron chi connectivity index (χ1n) is 7.77. The van der Waals surface area contributed by atoms with Crippen LogP contribution in [0.1, 0.15) is 21.5 Å². The van der Waals surface area contributed by atoms with Crippen LogP contribution >= 0.6 is 11.6 Å². The van der Waals surface area contributed by atoms with E-state index in [0.717, 1.165) is 29.6 Å². The topological polar surface area (TPSA) is 51.1 Å². The van der Waals surface area contributed by atoms with Gasteiger partial charge in [-0.15, -0.1) is 0 Å². The first-order valence-corrected chi connectivity index (χ1v) is 8.15. The molecule has 0 fully saturated rings. The number of benzene rings is 2. The van der Waals surface area contributed by atoms with Crippen LogP contribution in [0, 0.1) is 6.92 Å². The predicted octanol–water partition coefficient (Wildman–Crippen LogP) is 3.77. The molecule has 4 rings (SSSR count). The van der Waals surface area contributed by atoms with Crippen molar-refractivity contribution in [1.29, 1.82) is 0 Å². The van der Waals surface area contributed by atoms with Gasteiger partial charge in [-0.1, -0.05) is 23.7 Å². The number of para-hydroxylation sites is 1. The van der Waals surface area contributed by atoms with Crippen molar-refractivity contribution in [1.82, 2.24) is 4.57 Å². The molecule has 0 aliphatic carbocycles. The quantitative estimate of drug-likeness (QED) is 0.773. The zero-order chi connectivity index (χ0) is 16.8. The fraction of sp³-hybridized carbons (Fsp3) is 0.158. The normalized spacial score (nSPS) is 12.6. The number of amides is 1. The van der Waals surface area contributed by atoms with Crippen LogP contribution in [0.2, 0.25) is 5.02 Å². The third kappa shape index (κ3) is 2.31. The van der Waals surface area contributed by atoms with Crippen LogP contribution in [0.25, 0.3) is 10.9 Å². The number of rotatable bonds is 2. The molecule has 1 aromatic heterocycles.